The number of benzene rings is 1. The third-order valence-electron chi connectivity index (χ3n) is 1.43. The molecule has 0 aliphatic carbocycles. The highest BCUT2D eigenvalue weighted by Gasteiger charge is 2.08. The van der Waals surface area contributed by atoms with E-state index in [1.54, 1.807) is 18.2 Å². The summed E-state index contributed by atoms with van der Waals surface area (Å²) in [5.41, 5.74) is 5.49. The van der Waals surface area contributed by atoms with Crippen molar-refractivity contribution in [2.24, 2.45) is 5.73 Å². The molecule has 0 unspecified atom stereocenters. The number of nitrogens with two attached hydrogens (primary N) is 1. The van der Waals surface area contributed by atoms with Crippen LogP contribution in [0.4, 0.5) is 5.69 Å². The number of aromatic carboxylic acids is 1. The van der Waals surface area contributed by atoms with E-state index in [9.17, 15) is 13.2 Å². The molecule has 0 aliphatic rings. The van der Waals surface area contributed by atoms with Crippen LogP contribution in [0.25, 0.3) is 0 Å². The van der Waals surface area contributed by atoms with Gasteiger partial charge in [0, 0.05) is 0 Å². The molecule has 1 rings (SSSR count). The Balaban J connectivity index is 0.000000494. The Labute approximate surface area is 104 Å². The third-order valence-corrected chi connectivity index (χ3v) is 1.43. The normalized spacial score (nSPS) is 9.89. The highest BCUT2D eigenvalue weighted by atomic mass is 32.2. The highest BCUT2D eigenvalue weighted by Crippen LogP contribution is 2.13. The molecule has 0 heterocycles. The van der Waals surface area contributed by atoms with Crippen LogP contribution in [0.2, 0.25) is 0 Å². The number of para-hydroxylation sites is 1. The highest BCUT2D eigenvalue weighted by molar-refractivity contribution is 7.85. The number of carboxylic acid groups (broad SMARTS) is 1. The van der Waals surface area contributed by atoms with Crippen LogP contribution in [0.5, 0.6) is 0 Å². The van der Waals surface area contributed by atoms with Crippen LogP contribution in [0.1, 0.15) is 10.4 Å². The lowest BCUT2D eigenvalue weighted by Crippen LogP contribution is -2.21. The summed E-state index contributed by atoms with van der Waals surface area (Å²) in [7, 11) is -3.67. The van der Waals surface area contributed by atoms with Crippen LogP contribution in [0.3, 0.4) is 0 Å². The number of guanidine groups is 1. The molecule has 0 fully saturated rings. The summed E-state index contributed by atoms with van der Waals surface area (Å²) in [5.74, 6) is -1.34. The van der Waals surface area contributed by atoms with E-state index < -0.39 is 16.1 Å². The smallest absolute Gasteiger partial charge is 0.337 e. The molecule has 0 radical (unpaired) electrons. The Bertz CT molecular complexity index is 533. The van der Waals surface area contributed by atoms with Crippen molar-refractivity contribution in [1.82, 2.24) is 0 Å². The molecule has 100 valence electrons. The predicted molar refractivity (Wildman–Crippen MR) is 66.4 cm³/mol. The van der Waals surface area contributed by atoms with E-state index in [4.69, 9.17) is 20.8 Å². The maximum atomic E-state index is 10.7. The largest absolute Gasteiger partial charge is 0.478 e. The van der Waals surface area contributed by atoms with Crippen molar-refractivity contribution in [2.75, 3.05) is 11.6 Å². The molecule has 6 N–H and O–H groups in total. The molecule has 8 nitrogen and oxygen atoms in total. The zero-order valence-electron chi connectivity index (χ0n) is 9.41. The number of anilines is 1. The zero-order chi connectivity index (χ0) is 14.3. The van der Waals surface area contributed by atoms with Gasteiger partial charge < -0.3 is 16.2 Å². The van der Waals surface area contributed by atoms with E-state index in [0.717, 1.165) is 0 Å². The van der Waals surface area contributed by atoms with Gasteiger partial charge in [-0.15, -0.1) is 0 Å². The summed E-state index contributed by atoms with van der Waals surface area (Å²) in [6, 6.07) is 6.25. The molecule has 0 amide bonds. The van der Waals surface area contributed by atoms with Crippen LogP contribution in [-0.4, -0.2) is 36.3 Å². The van der Waals surface area contributed by atoms with Gasteiger partial charge in [0.15, 0.2) is 5.96 Å². The van der Waals surface area contributed by atoms with Crippen molar-refractivity contribution in [2.45, 2.75) is 0 Å². The van der Waals surface area contributed by atoms with Crippen LogP contribution in [0, 0.1) is 5.41 Å². The summed E-state index contributed by atoms with van der Waals surface area (Å²) in [6.07, 6.45) is 0.715. The van der Waals surface area contributed by atoms with Crippen molar-refractivity contribution in [3.63, 3.8) is 0 Å². The van der Waals surface area contributed by atoms with Gasteiger partial charge in [0.1, 0.15) is 0 Å². The molecule has 0 aliphatic heterocycles. The van der Waals surface area contributed by atoms with E-state index in [2.05, 4.69) is 5.32 Å². The molecular formula is C9H13N3O5S. The summed E-state index contributed by atoms with van der Waals surface area (Å²) in [4.78, 5) is 10.7. The maximum absolute atomic E-state index is 10.7. The van der Waals surface area contributed by atoms with Gasteiger partial charge in [0.2, 0.25) is 0 Å². The first-order valence-corrected chi connectivity index (χ1v) is 6.32. The third kappa shape index (κ3) is 8.07. The Morgan fingerprint density at radius 1 is 1.39 bits per heavy atom. The monoisotopic (exact) mass is 275 g/mol. The fourth-order valence-corrected chi connectivity index (χ4v) is 0.924. The molecule has 1 aromatic rings. The SMILES string of the molecule is CS(=O)(=O)O.N=C(N)Nc1ccccc1C(=O)O. The molecule has 0 spiro atoms. The van der Waals surface area contributed by atoms with Crippen molar-refractivity contribution >= 4 is 27.7 Å². The van der Waals surface area contributed by atoms with E-state index in [0.29, 0.717) is 11.9 Å². The van der Waals surface area contributed by atoms with Gasteiger partial charge in [0.05, 0.1) is 17.5 Å². The average molecular weight is 275 g/mol. The molecule has 0 atom stereocenters. The molecule has 0 aromatic heterocycles. The van der Waals surface area contributed by atoms with Crippen LogP contribution >= 0.6 is 0 Å². The zero-order valence-corrected chi connectivity index (χ0v) is 10.2. The van der Waals surface area contributed by atoms with E-state index in [-0.39, 0.29) is 11.5 Å². The Morgan fingerprint density at radius 3 is 2.22 bits per heavy atom. The Kier molecular flexibility index (Phi) is 5.79. The van der Waals surface area contributed by atoms with Crippen molar-refractivity contribution < 1.29 is 22.9 Å². The standard InChI is InChI=1S/C8H9N3O2.CH4O3S/c9-8(10)11-6-4-2-1-3-5(6)7(12)13;1-5(2,3)4/h1-4H,(H,12,13)(H4,9,10,11);1H3,(H,2,3,4). The summed E-state index contributed by atoms with van der Waals surface area (Å²) in [6.45, 7) is 0. The second kappa shape index (κ2) is 6.57. The summed E-state index contributed by atoms with van der Waals surface area (Å²) in [5, 5.41) is 18.1. The number of nitrogens with one attached hydrogen (secondary N) is 2. The number of hydrogen-bond acceptors (Lipinski definition) is 4. The van der Waals surface area contributed by atoms with Crippen molar-refractivity contribution in [1.29, 1.82) is 5.41 Å². The van der Waals surface area contributed by atoms with Gasteiger partial charge in [-0.3, -0.25) is 9.96 Å². The molecule has 18 heavy (non-hydrogen) atoms. The first kappa shape index (κ1) is 15.9. The van der Waals surface area contributed by atoms with Crippen molar-refractivity contribution in [3.8, 4) is 0 Å². The Morgan fingerprint density at radius 2 is 1.83 bits per heavy atom. The van der Waals surface area contributed by atoms with Crippen LogP contribution in [0.15, 0.2) is 24.3 Å². The number of rotatable bonds is 2. The topological polar surface area (TPSA) is 154 Å². The number of carboxylic acids is 1. The maximum Gasteiger partial charge on any atom is 0.337 e. The minimum absolute atomic E-state index is 0.0951. The number of carbonyl (C=O) groups is 1. The van der Waals surface area contributed by atoms with Gasteiger partial charge in [0.25, 0.3) is 10.1 Å². The molecule has 0 saturated carbocycles. The van der Waals surface area contributed by atoms with Gasteiger partial charge in [-0.25, -0.2) is 4.79 Å². The lowest BCUT2D eigenvalue weighted by atomic mass is 10.2. The lowest BCUT2D eigenvalue weighted by molar-refractivity contribution is 0.0698. The second-order valence-electron chi connectivity index (χ2n) is 3.12. The van der Waals surface area contributed by atoms with Gasteiger partial charge in [-0.2, -0.15) is 8.42 Å². The van der Waals surface area contributed by atoms with E-state index in [1.807, 2.05) is 0 Å². The minimum Gasteiger partial charge on any atom is -0.478 e. The van der Waals surface area contributed by atoms with Crippen molar-refractivity contribution in [3.05, 3.63) is 29.8 Å². The second-order valence-corrected chi connectivity index (χ2v) is 4.59. The van der Waals surface area contributed by atoms with Gasteiger partial charge in [-0.1, -0.05) is 12.1 Å². The molecule has 1 aromatic carbocycles. The van der Waals surface area contributed by atoms with Gasteiger partial charge in [-0.05, 0) is 12.1 Å². The average Bonchev–Trinajstić information content (AvgIpc) is 2.14. The minimum atomic E-state index is -3.67. The summed E-state index contributed by atoms with van der Waals surface area (Å²) < 4.78 is 25.9. The number of hydrogen-bond donors (Lipinski definition) is 5. The quantitative estimate of drug-likeness (QED) is 0.293. The fraction of sp³-hybridized carbons (Fsp3) is 0.111. The predicted octanol–water partition coefficient (Wildman–Crippen LogP) is 0.194. The first-order chi connectivity index (χ1) is 8.11. The lowest BCUT2D eigenvalue weighted by Gasteiger charge is -2.06. The fourth-order valence-electron chi connectivity index (χ4n) is 0.924. The Hall–Kier alpha value is -2.13. The molecule has 0 bridgehead atoms. The van der Waals surface area contributed by atoms with Crippen LogP contribution in [-0.2, 0) is 10.1 Å². The summed E-state index contributed by atoms with van der Waals surface area (Å²) >= 11 is 0. The van der Waals surface area contributed by atoms with Gasteiger partial charge >= 0.3 is 5.97 Å². The molecular weight excluding hydrogens is 262 g/mol. The first-order valence-electron chi connectivity index (χ1n) is 4.47. The van der Waals surface area contributed by atoms with Crippen LogP contribution < -0.4 is 11.1 Å². The van der Waals surface area contributed by atoms with E-state index >= 15 is 0 Å². The van der Waals surface area contributed by atoms with E-state index in [1.165, 1.54) is 6.07 Å². The molecule has 9 heteroatoms. The molecule has 0 saturated heterocycles.